The van der Waals surface area contributed by atoms with Crippen molar-refractivity contribution in [1.29, 1.82) is 5.26 Å². The molecule has 0 radical (unpaired) electrons. The van der Waals surface area contributed by atoms with E-state index in [9.17, 15) is 28.1 Å². The quantitative estimate of drug-likeness (QED) is 0.677. The largest absolute Gasteiger partial charge is 0.422 e. The van der Waals surface area contributed by atoms with E-state index in [0.29, 0.717) is 17.8 Å². The summed E-state index contributed by atoms with van der Waals surface area (Å²) >= 11 is 0. The summed E-state index contributed by atoms with van der Waals surface area (Å²) in [7, 11) is 0. The third-order valence-electron chi connectivity index (χ3n) is 3.09. The fourth-order valence-corrected chi connectivity index (χ4v) is 2.12. The van der Waals surface area contributed by atoms with Gasteiger partial charge >= 0.3 is 6.18 Å². The topological polar surface area (TPSA) is 99.8 Å². The number of hydrogen-bond acceptors (Lipinski definition) is 4. The zero-order chi connectivity index (χ0) is 17.4. The summed E-state index contributed by atoms with van der Waals surface area (Å²) in [4.78, 5) is 23.9. The Bertz CT molecular complexity index is 895. The number of aromatic amines is 1. The molecule has 1 aromatic heterocycles. The fraction of sp³-hybridized carbons (Fsp3) is 0.143. The number of H-pyrrole nitrogens is 1. The maximum Gasteiger partial charge on any atom is 0.422 e. The van der Waals surface area contributed by atoms with E-state index in [1.165, 1.54) is 13.0 Å². The summed E-state index contributed by atoms with van der Waals surface area (Å²) < 4.78 is 38.4. The van der Waals surface area contributed by atoms with Crippen molar-refractivity contribution in [3.63, 3.8) is 0 Å². The highest BCUT2D eigenvalue weighted by Crippen LogP contribution is 2.38. The van der Waals surface area contributed by atoms with Gasteiger partial charge < -0.3 is 4.98 Å². The molecule has 118 valence electrons. The minimum atomic E-state index is -4.89. The van der Waals surface area contributed by atoms with E-state index in [1.54, 1.807) is 6.07 Å². The molecule has 0 aliphatic rings. The predicted octanol–water partition coefficient (Wildman–Crippen LogP) is 3.15. The Morgan fingerprint density at radius 2 is 1.96 bits per heavy atom. The van der Waals surface area contributed by atoms with Crippen LogP contribution in [0.3, 0.4) is 0 Å². The molecule has 9 heteroatoms. The van der Waals surface area contributed by atoms with Crippen molar-refractivity contribution in [3.05, 3.63) is 61.6 Å². The van der Waals surface area contributed by atoms with Crippen LogP contribution >= 0.6 is 0 Å². The van der Waals surface area contributed by atoms with Crippen molar-refractivity contribution in [2.45, 2.75) is 13.1 Å². The van der Waals surface area contributed by atoms with Crippen LogP contribution in [-0.2, 0) is 6.18 Å². The maximum absolute atomic E-state index is 12.8. The van der Waals surface area contributed by atoms with Crippen LogP contribution in [0.25, 0.3) is 11.1 Å². The number of halogens is 3. The average molecular weight is 323 g/mol. The average Bonchev–Trinajstić information content (AvgIpc) is 2.44. The van der Waals surface area contributed by atoms with Crippen molar-refractivity contribution < 1.29 is 18.1 Å². The number of rotatable bonds is 2. The molecule has 6 nitrogen and oxygen atoms in total. The van der Waals surface area contributed by atoms with Gasteiger partial charge in [0.25, 0.3) is 11.2 Å². The Balaban J connectivity index is 2.78. The third-order valence-corrected chi connectivity index (χ3v) is 3.09. The fourth-order valence-electron chi connectivity index (χ4n) is 2.12. The summed E-state index contributed by atoms with van der Waals surface area (Å²) in [6, 6.07) is 5.27. The van der Waals surface area contributed by atoms with Gasteiger partial charge in [0.1, 0.15) is 17.2 Å². The number of aryl methyl sites for hydroxylation is 1. The lowest BCUT2D eigenvalue weighted by Gasteiger charge is -2.10. The second kappa shape index (κ2) is 5.57. The SMILES string of the molecule is Cc1cc(-c2ccc(C(F)(F)F)c([N+](=O)[O-])c2)c(C#N)c(=O)[nH]1. The summed E-state index contributed by atoms with van der Waals surface area (Å²) in [5.74, 6) is 0. The van der Waals surface area contributed by atoms with Crippen LogP contribution in [0.5, 0.6) is 0 Å². The molecule has 0 unspecified atom stereocenters. The Morgan fingerprint density at radius 3 is 2.48 bits per heavy atom. The van der Waals surface area contributed by atoms with Gasteiger partial charge in [-0.2, -0.15) is 18.4 Å². The standard InChI is InChI=1S/C14H8F3N3O3/c1-7-4-9(10(6-18)13(21)19-7)8-2-3-11(14(15,16)17)12(5-8)20(22)23/h2-5H,1H3,(H,19,21). The predicted molar refractivity (Wildman–Crippen MR) is 73.6 cm³/mol. The van der Waals surface area contributed by atoms with Crippen molar-refractivity contribution in [1.82, 2.24) is 4.98 Å². The highest BCUT2D eigenvalue weighted by atomic mass is 19.4. The number of pyridine rings is 1. The molecule has 23 heavy (non-hydrogen) atoms. The monoisotopic (exact) mass is 323 g/mol. The molecular weight excluding hydrogens is 315 g/mol. The van der Waals surface area contributed by atoms with E-state index in [4.69, 9.17) is 5.26 Å². The molecule has 0 aliphatic heterocycles. The molecule has 1 N–H and O–H groups in total. The zero-order valence-electron chi connectivity index (χ0n) is 11.6. The molecule has 0 bridgehead atoms. The van der Waals surface area contributed by atoms with Crippen LogP contribution in [0, 0.1) is 28.4 Å². The van der Waals surface area contributed by atoms with Crippen molar-refractivity contribution >= 4 is 5.69 Å². The Morgan fingerprint density at radius 1 is 1.30 bits per heavy atom. The molecule has 1 aromatic carbocycles. The van der Waals surface area contributed by atoms with Gasteiger partial charge in [0.05, 0.1) is 4.92 Å². The van der Waals surface area contributed by atoms with Crippen LogP contribution < -0.4 is 5.56 Å². The summed E-state index contributed by atoms with van der Waals surface area (Å²) in [5, 5.41) is 19.9. The van der Waals surface area contributed by atoms with Crippen LogP contribution in [0.4, 0.5) is 18.9 Å². The molecule has 2 rings (SSSR count). The van der Waals surface area contributed by atoms with Crippen molar-refractivity contribution in [2.24, 2.45) is 0 Å². The number of aromatic nitrogens is 1. The molecule has 0 spiro atoms. The van der Waals surface area contributed by atoms with Gasteiger partial charge in [-0.15, -0.1) is 0 Å². The first-order chi connectivity index (χ1) is 10.6. The molecule has 2 aromatic rings. The number of nitro groups is 1. The van der Waals surface area contributed by atoms with Gasteiger partial charge in [0, 0.05) is 17.3 Å². The van der Waals surface area contributed by atoms with E-state index < -0.39 is 27.9 Å². The Kier molecular flexibility index (Phi) is 3.93. The molecule has 0 aliphatic carbocycles. The lowest BCUT2D eigenvalue weighted by molar-refractivity contribution is -0.388. The third kappa shape index (κ3) is 3.06. The summed E-state index contributed by atoms with van der Waals surface area (Å²) in [5.41, 5.74) is -3.20. The maximum atomic E-state index is 12.8. The summed E-state index contributed by atoms with van der Waals surface area (Å²) in [6.07, 6.45) is -4.89. The van der Waals surface area contributed by atoms with Crippen LogP contribution in [0.2, 0.25) is 0 Å². The molecular formula is C14H8F3N3O3. The number of nitrogens with one attached hydrogen (secondary N) is 1. The number of nitrogens with zero attached hydrogens (tertiary/aromatic N) is 2. The highest BCUT2D eigenvalue weighted by Gasteiger charge is 2.38. The van der Waals surface area contributed by atoms with Gasteiger partial charge in [0.15, 0.2) is 0 Å². The van der Waals surface area contributed by atoms with E-state index in [-0.39, 0.29) is 16.7 Å². The molecule has 0 fully saturated rings. The van der Waals surface area contributed by atoms with E-state index >= 15 is 0 Å². The first-order valence-electron chi connectivity index (χ1n) is 6.15. The normalized spacial score (nSPS) is 11.1. The second-order valence-corrected chi connectivity index (χ2v) is 4.67. The Hall–Kier alpha value is -3.15. The minimum absolute atomic E-state index is 0.0181. The second-order valence-electron chi connectivity index (χ2n) is 4.67. The zero-order valence-corrected chi connectivity index (χ0v) is 11.6. The first kappa shape index (κ1) is 16.2. The minimum Gasteiger partial charge on any atom is -0.325 e. The lowest BCUT2D eigenvalue weighted by atomic mass is 9.98. The number of nitriles is 1. The van der Waals surface area contributed by atoms with Crippen LogP contribution in [-0.4, -0.2) is 9.91 Å². The number of alkyl halides is 3. The molecule has 0 atom stereocenters. The van der Waals surface area contributed by atoms with E-state index in [0.717, 1.165) is 6.07 Å². The molecule has 0 saturated heterocycles. The number of nitro benzene ring substituents is 1. The smallest absolute Gasteiger partial charge is 0.325 e. The molecule has 1 heterocycles. The molecule has 0 saturated carbocycles. The van der Waals surface area contributed by atoms with Gasteiger partial charge in [-0.1, -0.05) is 6.07 Å². The van der Waals surface area contributed by atoms with Gasteiger partial charge in [-0.05, 0) is 24.6 Å². The van der Waals surface area contributed by atoms with Gasteiger partial charge in [0.2, 0.25) is 0 Å². The Labute approximate surface area is 127 Å². The lowest BCUT2D eigenvalue weighted by Crippen LogP contribution is -2.13. The van der Waals surface area contributed by atoms with E-state index in [2.05, 4.69) is 4.98 Å². The van der Waals surface area contributed by atoms with Gasteiger partial charge in [-0.25, -0.2) is 0 Å². The van der Waals surface area contributed by atoms with Crippen LogP contribution in [0.1, 0.15) is 16.8 Å². The van der Waals surface area contributed by atoms with E-state index in [1.807, 2.05) is 0 Å². The molecule has 0 amide bonds. The number of hydrogen-bond donors (Lipinski definition) is 1. The highest BCUT2D eigenvalue weighted by molar-refractivity contribution is 5.73. The van der Waals surface area contributed by atoms with Gasteiger partial charge in [-0.3, -0.25) is 14.9 Å². The number of benzene rings is 1. The first-order valence-corrected chi connectivity index (χ1v) is 6.15. The van der Waals surface area contributed by atoms with Crippen molar-refractivity contribution in [2.75, 3.05) is 0 Å². The summed E-state index contributed by atoms with van der Waals surface area (Å²) in [6.45, 7) is 1.52. The van der Waals surface area contributed by atoms with Crippen molar-refractivity contribution in [3.8, 4) is 17.2 Å². The van der Waals surface area contributed by atoms with Crippen LogP contribution in [0.15, 0.2) is 29.1 Å².